The summed E-state index contributed by atoms with van der Waals surface area (Å²) in [4.78, 5) is 22.9. The topological polar surface area (TPSA) is 72.2 Å². The molecule has 1 amide bonds. The Morgan fingerprint density at radius 2 is 1.84 bits per heavy atom. The molecule has 2 aromatic rings. The van der Waals surface area contributed by atoms with Gasteiger partial charge < -0.3 is 5.32 Å². The summed E-state index contributed by atoms with van der Waals surface area (Å²) in [5.74, 6) is -0.219. The van der Waals surface area contributed by atoms with E-state index in [0.717, 1.165) is 18.4 Å². The number of aryl methyl sites for hydroxylation is 3. The average Bonchev–Trinajstić information content (AvgIpc) is 2.60. The van der Waals surface area contributed by atoms with E-state index in [1.807, 2.05) is 6.92 Å². The van der Waals surface area contributed by atoms with Crippen LogP contribution in [0.3, 0.4) is 0 Å². The van der Waals surface area contributed by atoms with Crippen LogP contribution in [0.1, 0.15) is 58.4 Å². The highest BCUT2D eigenvalue weighted by molar-refractivity contribution is 5.95. The minimum Gasteiger partial charge on any atom is -0.346 e. The number of carbonyl (C=O) groups is 1. The number of nitrogens with zero attached hydrogens (tertiary/aromatic N) is 1. The Labute approximate surface area is 147 Å². The highest BCUT2D eigenvalue weighted by Gasteiger charge is 2.17. The predicted molar refractivity (Wildman–Crippen MR) is 96.8 cm³/mol. The molecule has 2 aromatic carbocycles. The van der Waals surface area contributed by atoms with Gasteiger partial charge in [0.25, 0.3) is 11.6 Å². The molecule has 130 valence electrons. The van der Waals surface area contributed by atoms with Gasteiger partial charge in [-0.1, -0.05) is 18.2 Å². The summed E-state index contributed by atoms with van der Waals surface area (Å²) in [6.45, 7) is 3.60. The Morgan fingerprint density at radius 3 is 2.52 bits per heavy atom. The molecule has 0 fully saturated rings. The van der Waals surface area contributed by atoms with Crippen molar-refractivity contribution in [3.05, 3.63) is 74.3 Å². The van der Waals surface area contributed by atoms with E-state index in [1.165, 1.54) is 36.1 Å². The summed E-state index contributed by atoms with van der Waals surface area (Å²) in [7, 11) is 0. The number of nitrogens with one attached hydrogen (secondary N) is 1. The van der Waals surface area contributed by atoms with E-state index in [-0.39, 0.29) is 17.6 Å². The van der Waals surface area contributed by atoms with Gasteiger partial charge in [-0.15, -0.1) is 0 Å². The Morgan fingerprint density at radius 1 is 1.12 bits per heavy atom. The van der Waals surface area contributed by atoms with Gasteiger partial charge in [-0.05, 0) is 68.4 Å². The molecule has 0 radical (unpaired) electrons. The quantitative estimate of drug-likeness (QED) is 0.668. The fourth-order valence-corrected chi connectivity index (χ4v) is 3.39. The molecule has 5 heteroatoms. The van der Waals surface area contributed by atoms with Crippen molar-refractivity contribution >= 4 is 11.6 Å². The minimum atomic E-state index is -0.438. The van der Waals surface area contributed by atoms with Gasteiger partial charge in [0.15, 0.2) is 0 Å². The number of benzene rings is 2. The van der Waals surface area contributed by atoms with Crippen LogP contribution in [-0.2, 0) is 12.8 Å². The molecule has 0 aromatic heterocycles. The van der Waals surface area contributed by atoms with Gasteiger partial charge in [0.1, 0.15) is 0 Å². The first kappa shape index (κ1) is 17.1. The summed E-state index contributed by atoms with van der Waals surface area (Å²) in [5, 5.41) is 13.9. The van der Waals surface area contributed by atoms with E-state index in [9.17, 15) is 14.9 Å². The lowest BCUT2D eigenvalue weighted by molar-refractivity contribution is -0.385. The van der Waals surface area contributed by atoms with Crippen molar-refractivity contribution in [2.75, 3.05) is 0 Å². The monoisotopic (exact) mass is 338 g/mol. The lowest BCUT2D eigenvalue weighted by atomic mass is 9.89. The van der Waals surface area contributed by atoms with Crippen molar-refractivity contribution in [1.82, 2.24) is 5.32 Å². The normalized spacial score (nSPS) is 14.5. The van der Waals surface area contributed by atoms with Crippen LogP contribution in [0.2, 0.25) is 0 Å². The highest BCUT2D eigenvalue weighted by atomic mass is 16.6. The molecule has 1 aliphatic carbocycles. The first-order valence-corrected chi connectivity index (χ1v) is 8.63. The summed E-state index contributed by atoms with van der Waals surface area (Å²) in [6.07, 6.45) is 4.71. The molecular formula is C20H22N2O3. The summed E-state index contributed by atoms with van der Waals surface area (Å²) in [6, 6.07) is 10.8. The van der Waals surface area contributed by atoms with Crippen LogP contribution in [0.4, 0.5) is 5.69 Å². The fraction of sp³-hybridized carbons (Fsp3) is 0.350. The largest absolute Gasteiger partial charge is 0.346 e. The van der Waals surface area contributed by atoms with Crippen molar-refractivity contribution < 1.29 is 9.72 Å². The third kappa shape index (κ3) is 3.71. The third-order valence-corrected chi connectivity index (χ3v) is 4.88. The lowest BCUT2D eigenvalue weighted by Gasteiger charge is -2.20. The van der Waals surface area contributed by atoms with Gasteiger partial charge in [0.05, 0.1) is 11.0 Å². The molecule has 0 aliphatic heterocycles. The molecule has 0 spiro atoms. The van der Waals surface area contributed by atoms with Crippen LogP contribution in [-0.4, -0.2) is 10.8 Å². The number of amides is 1. The van der Waals surface area contributed by atoms with Gasteiger partial charge >= 0.3 is 0 Å². The van der Waals surface area contributed by atoms with Gasteiger partial charge in [-0.2, -0.15) is 0 Å². The van der Waals surface area contributed by atoms with E-state index in [2.05, 4.69) is 23.5 Å². The number of carbonyl (C=O) groups excluding carboxylic acids is 1. The predicted octanol–water partition coefficient (Wildman–Crippen LogP) is 4.27. The molecule has 1 aliphatic rings. The maximum atomic E-state index is 12.5. The molecule has 0 saturated heterocycles. The second-order valence-electron chi connectivity index (χ2n) is 6.69. The molecule has 0 saturated carbocycles. The zero-order valence-electron chi connectivity index (χ0n) is 14.5. The maximum absolute atomic E-state index is 12.5. The minimum absolute atomic E-state index is 0.0271. The first-order valence-electron chi connectivity index (χ1n) is 8.63. The van der Waals surface area contributed by atoms with Gasteiger partial charge in [-0.3, -0.25) is 14.9 Å². The van der Waals surface area contributed by atoms with Crippen LogP contribution in [0.15, 0.2) is 36.4 Å². The number of hydrogen-bond acceptors (Lipinski definition) is 3. The molecule has 0 unspecified atom stereocenters. The molecule has 3 rings (SSSR count). The number of fused-ring (bicyclic) bond motifs is 1. The molecule has 0 bridgehead atoms. The number of rotatable bonds is 4. The third-order valence-electron chi connectivity index (χ3n) is 4.88. The molecule has 5 nitrogen and oxygen atoms in total. The Bertz CT molecular complexity index is 830. The molecule has 1 N–H and O–H groups in total. The Kier molecular flexibility index (Phi) is 4.83. The Hall–Kier alpha value is -2.69. The van der Waals surface area contributed by atoms with Crippen molar-refractivity contribution in [2.24, 2.45) is 0 Å². The average molecular weight is 338 g/mol. The number of nitro groups is 1. The smallest absolute Gasteiger partial charge is 0.272 e. The van der Waals surface area contributed by atoms with Crippen LogP contribution in [0, 0.1) is 17.0 Å². The van der Waals surface area contributed by atoms with Crippen molar-refractivity contribution in [1.29, 1.82) is 0 Å². The molecule has 1 atom stereocenters. The Balaban J connectivity index is 1.74. The summed E-state index contributed by atoms with van der Waals surface area (Å²) in [5.41, 5.74) is 4.84. The SMILES string of the molecule is Cc1cc(C(=O)N[C@H](C)c2ccc3c(c2)CCCC3)ccc1[N+](=O)[O-]. The van der Waals surface area contributed by atoms with E-state index in [0.29, 0.717) is 11.1 Å². The van der Waals surface area contributed by atoms with Crippen LogP contribution in [0.25, 0.3) is 0 Å². The van der Waals surface area contributed by atoms with Crippen molar-refractivity contribution in [3.8, 4) is 0 Å². The van der Waals surface area contributed by atoms with Crippen LogP contribution >= 0.6 is 0 Å². The number of hydrogen-bond donors (Lipinski definition) is 1. The van der Waals surface area contributed by atoms with Gasteiger partial charge in [-0.25, -0.2) is 0 Å². The maximum Gasteiger partial charge on any atom is 0.272 e. The standard InChI is InChI=1S/C20H22N2O3/c1-13-11-18(9-10-19(13)22(24)25)20(23)21-14(2)16-8-7-15-5-3-4-6-17(15)12-16/h7-12,14H,3-6H2,1-2H3,(H,21,23)/t14-/m1/s1. The second kappa shape index (κ2) is 7.05. The van der Waals surface area contributed by atoms with Crippen molar-refractivity contribution in [3.63, 3.8) is 0 Å². The van der Waals surface area contributed by atoms with Gasteiger partial charge in [0.2, 0.25) is 0 Å². The van der Waals surface area contributed by atoms with Gasteiger partial charge in [0, 0.05) is 17.2 Å². The first-order chi connectivity index (χ1) is 12.0. The van der Waals surface area contributed by atoms with E-state index in [4.69, 9.17) is 0 Å². The summed E-state index contributed by atoms with van der Waals surface area (Å²) < 4.78 is 0. The lowest BCUT2D eigenvalue weighted by Crippen LogP contribution is -2.27. The fourth-order valence-electron chi connectivity index (χ4n) is 3.39. The van der Waals surface area contributed by atoms with Crippen LogP contribution in [0.5, 0.6) is 0 Å². The van der Waals surface area contributed by atoms with E-state index >= 15 is 0 Å². The molecular weight excluding hydrogens is 316 g/mol. The number of nitro benzene ring substituents is 1. The second-order valence-corrected chi connectivity index (χ2v) is 6.69. The van der Waals surface area contributed by atoms with E-state index < -0.39 is 4.92 Å². The summed E-state index contributed by atoms with van der Waals surface area (Å²) >= 11 is 0. The van der Waals surface area contributed by atoms with Crippen molar-refractivity contribution in [2.45, 2.75) is 45.6 Å². The zero-order chi connectivity index (χ0) is 18.0. The molecule has 25 heavy (non-hydrogen) atoms. The van der Waals surface area contributed by atoms with Crippen LogP contribution < -0.4 is 5.32 Å². The highest BCUT2D eigenvalue weighted by Crippen LogP contribution is 2.25. The molecule has 0 heterocycles. The zero-order valence-corrected chi connectivity index (χ0v) is 14.5. The van der Waals surface area contributed by atoms with E-state index in [1.54, 1.807) is 13.0 Å².